The van der Waals surface area contributed by atoms with Gasteiger partial charge < -0.3 is 9.47 Å². The molecule has 2 saturated heterocycles. The van der Waals surface area contributed by atoms with Crippen molar-refractivity contribution < 1.29 is 9.47 Å². The summed E-state index contributed by atoms with van der Waals surface area (Å²) in [7, 11) is 0. The lowest BCUT2D eigenvalue weighted by Crippen LogP contribution is -2.46. The first-order valence-corrected chi connectivity index (χ1v) is 7.80. The van der Waals surface area contributed by atoms with E-state index in [4.69, 9.17) is 9.47 Å². The Morgan fingerprint density at radius 1 is 1.42 bits per heavy atom. The van der Waals surface area contributed by atoms with E-state index in [-0.39, 0.29) is 17.3 Å². The molecule has 2 aliphatic heterocycles. The van der Waals surface area contributed by atoms with Gasteiger partial charge in [-0.2, -0.15) is 0 Å². The number of nitrogens with zero attached hydrogens (tertiary/aromatic N) is 1. The molecule has 0 N–H and O–H groups in total. The van der Waals surface area contributed by atoms with E-state index in [9.17, 15) is 0 Å². The molecule has 0 amide bonds. The van der Waals surface area contributed by atoms with Crippen molar-refractivity contribution in [1.29, 1.82) is 0 Å². The maximum atomic E-state index is 6.41. The van der Waals surface area contributed by atoms with Crippen LogP contribution in [0, 0.1) is 5.92 Å². The van der Waals surface area contributed by atoms with Crippen LogP contribution in [0.25, 0.3) is 0 Å². The van der Waals surface area contributed by atoms with Gasteiger partial charge in [-0.05, 0) is 25.3 Å². The number of alkyl halides is 1. The highest BCUT2D eigenvalue weighted by atomic mass is 79.9. The largest absolute Gasteiger partial charge is 0.471 e. The van der Waals surface area contributed by atoms with Crippen molar-refractivity contribution in [3.05, 3.63) is 24.4 Å². The maximum absolute atomic E-state index is 6.41. The SMILES string of the molecule is CC(C)[C@]12C[C@@H](Oc3ccccn3)[C@](C)(C[C@@H]1Br)O2. The van der Waals surface area contributed by atoms with Gasteiger partial charge in [0.15, 0.2) is 0 Å². The molecule has 0 unspecified atom stereocenters. The van der Waals surface area contributed by atoms with Crippen LogP contribution in [0.1, 0.15) is 33.6 Å². The Morgan fingerprint density at radius 3 is 2.79 bits per heavy atom. The summed E-state index contributed by atoms with van der Waals surface area (Å²) in [4.78, 5) is 4.66. The highest BCUT2D eigenvalue weighted by Crippen LogP contribution is 2.57. The first kappa shape index (κ1) is 13.4. The number of ether oxygens (including phenoxy) is 2. The van der Waals surface area contributed by atoms with Crippen molar-refractivity contribution in [2.24, 2.45) is 5.92 Å². The molecule has 104 valence electrons. The second-order valence-electron chi connectivity index (χ2n) is 6.17. The average molecular weight is 326 g/mol. The summed E-state index contributed by atoms with van der Waals surface area (Å²) in [6.45, 7) is 6.61. The van der Waals surface area contributed by atoms with Gasteiger partial charge in [-0.3, -0.25) is 0 Å². The molecule has 2 bridgehead atoms. The Labute approximate surface area is 122 Å². The minimum Gasteiger partial charge on any atom is -0.471 e. The minimum absolute atomic E-state index is 0.0820. The van der Waals surface area contributed by atoms with Crippen LogP contribution in [-0.4, -0.2) is 27.1 Å². The highest BCUT2D eigenvalue weighted by Gasteiger charge is 2.65. The van der Waals surface area contributed by atoms with Crippen LogP contribution in [0.4, 0.5) is 0 Å². The Hall–Kier alpha value is -0.610. The van der Waals surface area contributed by atoms with Crippen LogP contribution in [0.3, 0.4) is 0 Å². The van der Waals surface area contributed by atoms with Gasteiger partial charge in [-0.15, -0.1) is 0 Å². The van der Waals surface area contributed by atoms with Gasteiger partial charge in [0.05, 0.1) is 5.60 Å². The third kappa shape index (κ3) is 2.00. The van der Waals surface area contributed by atoms with Crippen LogP contribution in [0.15, 0.2) is 24.4 Å². The molecule has 1 aromatic heterocycles. The summed E-state index contributed by atoms with van der Waals surface area (Å²) >= 11 is 3.81. The predicted octanol–water partition coefficient (Wildman–Crippen LogP) is 3.57. The summed E-state index contributed by atoms with van der Waals surface area (Å²) in [5.74, 6) is 1.16. The highest BCUT2D eigenvalue weighted by molar-refractivity contribution is 9.09. The molecule has 0 spiro atoms. The molecule has 19 heavy (non-hydrogen) atoms. The molecule has 4 atom stereocenters. The van der Waals surface area contributed by atoms with E-state index >= 15 is 0 Å². The van der Waals surface area contributed by atoms with E-state index in [1.165, 1.54) is 0 Å². The smallest absolute Gasteiger partial charge is 0.213 e. The molecule has 4 heteroatoms. The van der Waals surface area contributed by atoms with Crippen LogP contribution in [-0.2, 0) is 4.74 Å². The number of rotatable bonds is 3. The Bertz CT molecular complexity index is 466. The lowest BCUT2D eigenvalue weighted by atomic mass is 9.75. The van der Waals surface area contributed by atoms with E-state index in [0.29, 0.717) is 16.6 Å². The van der Waals surface area contributed by atoms with E-state index in [1.807, 2.05) is 18.2 Å². The molecule has 3 nitrogen and oxygen atoms in total. The van der Waals surface area contributed by atoms with Gasteiger partial charge in [0.2, 0.25) is 5.88 Å². The summed E-state index contributed by atoms with van der Waals surface area (Å²) in [6, 6.07) is 5.75. The quantitative estimate of drug-likeness (QED) is 0.796. The molecule has 2 fully saturated rings. The summed E-state index contributed by atoms with van der Waals surface area (Å²) in [5, 5.41) is 0. The zero-order valence-corrected chi connectivity index (χ0v) is 13.2. The molecule has 1 aromatic rings. The Morgan fingerprint density at radius 2 is 2.21 bits per heavy atom. The zero-order valence-electron chi connectivity index (χ0n) is 11.6. The monoisotopic (exact) mass is 325 g/mol. The fourth-order valence-electron chi connectivity index (χ4n) is 3.38. The van der Waals surface area contributed by atoms with Crippen molar-refractivity contribution >= 4 is 15.9 Å². The summed E-state index contributed by atoms with van der Waals surface area (Å²) in [5.41, 5.74) is -0.315. The van der Waals surface area contributed by atoms with E-state index < -0.39 is 0 Å². The molecule has 2 aliphatic rings. The van der Waals surface area contributed by atoms with Crippen LogP contribution >= 0.6 is 15.9 Å². The average Bonchev–Trinajstić information content (AvgIpc) is 2.79. The second-order valence-corrected chi connectivity index (χ2v) is 7.28. The molecule has 3 rings (SSSR count). The Balaban J connectivity index is 1.83. The number of hydrogen-bond donors (Lipinski definition) is 0. The van der Waals surface area contributed by atoms with Gasteiger partial charge in [-0.1, -0.05) is 35.8 Å². The fraction of sp³-hybridized carbons (Fsp3) is 0.667. The third-order valence-electron chi connectivity index (χ3n) is 4.60. The molecular weight excluding hydrogens is 306 g/mol. The Kier molecular flexibility index (Phi) is 3.13. The van der Waals surface area contributed by atoms with Crippen LogP contribution in [0.2, 0.25) is 0 Å². The molecule has 0 saturated carbocycles. The van der Waals surface area contributed by atoms with Crippen LogP contribution in [0.5, 0.6) is 5.88 Å². The van der Waals surface area contributed by atoms with E-state index in [2.05, 4.69) is 41.7 Å². The zero-order chi connectivity index (χ0) is 13.7. The van der Waals surface area contributed by atoms with E-state index in [1.54, 1.807) is 6.20 Å². The standard InChI is InChI=1S/C15H20BrNO2/c1-10(2)15-9-12(14(3,19-15)8-11(15)16)18-13-6-4-5-7-17-13/h4-7,10-12H,8-9H2,1-3H3/t11-,12+,14-,15+/m0/s1. The summed E-state index contributed by atoms with van der Waals surface area (Å²) < 4.78 is 12.5. The van der Waals surface area contributed by atoms with Gasteiger partial charge in [-0.25, -0.2) is 4.98 Å². The topological polar surface area (TPSA) is 31.4 Å². The first-order chi connectivity index (χ1) is 8.96. The maximum Gasteiger partial charge on any atom is 0.213 e. The van der Waals surface area contributed by atoms with Gasteiger partial charge >= 0.3 is 0 Å². The third-order valence-corrected chi connectivity index (χ3v) is 5.70. The number of aromatic nitrogens is 1. The summed E-state index contributed by atoms with van der Waals surface area (Å²) in [6.07, 6.45) is 3.76. The molecule has 0 radical (unpaired) electrons. The molecule has 0 aliphatic carbocycles. The minimum atomic E-state index is -0.212. The molecule has 0 aromatic carbocycles. The molecule has 3 heterocycles. The number of halogens is 1. The van der Waals surface area contributed by atoms with Gasteiger partial charge in [0.25, 0.3) is 0 Å². The van der Waals surface area contributed by atoms with Crippen molar-refractivity contribution in [1.82, 2.24) is 4.98 Å². The first-order valence-electron chi connectivity index (χ1n) is 6.88. The van der Waals surface area contributed by atoms with E-state index in [0.717, 1.165) is 12.8 Å². The fourth-order valence-corrected chi connectivity index (χ4v) is 4.84. The van der Waals surface area contributed by atoms with Crippen molar-refractivity contribution in [2.45, 2.75) is 55.7 Å². The number of hydrogen-bond acceptors (Lipinski definition) is 3. The normalized spacial score (nSPS) is 40.9. The van der Waals surface area contributed by atoms with Crippen LogP contribution < -0.4 is 4.74 Å². The number of fused-ring (bicyclic) bond motifs is 2. The van der Waals surface area contributed by atoms with Crippen molar-refractivity contribution in [3.8, 4) is 5.88 Å². The number of pyridine rings is 1. The predicted molar refractivity (Wildman–Crippen MR) is 77.7 cm³/mol. The second kappa shape index (κ2) is 4.45. The lowest BCUT2D eigenvalue weighted by Gasteiger charge is -2.35. The lowest BCUT2D eigenvalue weighted by molar-refractivity contribution is -0.0760. The van der Waals surface area contributed by atoms with Crippen molar-refractivity contribution in [2.75, 3.05) is 0 Å². The van der Waals surface area contributed by atoms with Gasteiger partial charge in [0.1, 0.15) is 11.7 Å². The molecular formula is C15H20BrNO2. The van der Waals surface area contributed by atoms with Gasteiger partial charge in [0, 0.05) is 23.5 Å². The van der Waals surface area contributed by atoms with Crippen molar-refractivity contribution in [3.63, 3.8) is 0 Å².